The molecule has 5 nitrogen and oxygen atoms in total. The van der Waals surface area contributed by atoms with Crippen LogP contribution in [0.3, 0.4) is 0 Å². The second kappa shape index (κ2) is 8.28. The Kier molecular flexibility index (Phi) is 5.71. The average molecular weight is 456 g/mol. The van der Waals surface area contributed by atoms with Crippen LogP contribution in [0.4, 0.5) is 0 Å². The molecule has 0 aliphatic rings. The molecular formula is C22H18ClN3O2S2. The first-order valence-corrected chi connectivity index (χ1v) is 12.1. The van der Waals surface area contributed by atoms with Crippen molar-refractivity contribution in [3.8, 4) is 28.2 Å². The summed E-state index contributed by atoms with van der Waals surface area (Å²) in [5.74, 6) is 0. The van der Waals surface area contributed by atoms with Gasteiger partial charge < -0.3 is 0 Å². The average Bonchev–Trinajstić information content (AvgIpc) is 3.19. The van der Waals surface area contributed by atoms with Gasteiger partial charge in [-0.05, 0) is 54.8 Å². The fraction of sp³-hybridized carbons (Fsp3) is 0.0455. The van der Waals surface area contributed by atoms with Gasteiger partial charge in [-0.25, -0.2) is 18.2 Å². The van der Waals surface area contributed by atoms with Crippen molar-refractivity contribution >= 4 is 33.4 Å². The lowest BCUT2D eigenvalue weighted by Crippen LogP contribution is -2.12. The first-order chi connectivity index (χ1) is 14.4. The van der Waals surface area contributed by atoms with E-state index in [4.69, 9.17) is 21.8 Å². The van der Waals surface area contributed by atoms with Crippen LogP contribution in [0.5, 0.6) is 0 Å². The van der Waals surface area contributed by atoms with E-state index in [9.17, 15) is 8.42 Å². The van der Waals surface area contributed by atoms with Crippen LogP contribution in [0.15, 0.2) is 88.7 Å². The highest BCUT2D eigenvalue weighted by atomic mass is 35.5. The van der Waals surface area contributed by atoms with Gasteiger partial charge in [-0.2, -0.15) is 5.10 Å². The van der Waals surface area contributed by atoms with Crippen LogP contribution in [0.25, 0.3) is 28.2 Å². The molecule has 1 aromatic heterocycles. The lowest BCUT2D eigenvalue weighted by atomic mass is 10.1. The molecule has 30 heavy (non-hydrogen) atoms. The number of rotatable bonds is 5. The van der Waals surface area contributed by atoms with Crippen molar-refractivity contribution in [3.63, 3.8) is 0 Å². The predicted octanol–water partition coefficient (Wildman–Crippen LogP) is 5.23. The summed E-state index contributed by atoms with van der Waals surface area (Å²) in [4.78, 5) is 1.17. The number of hydrogen-bond donors (Lipinski definition) is 1. The van der Waals surface area contributed by atoms with E-state index in [2.05, 4.69) is 6.07 Å². The SMILES string of the molecule is CSc1ccccc1-c1cc(-c2ccc(Cl)cc2)n(-c2ccc(S(N)(=O)=O)cc2)n1. The van der Waals surface area contributed by atoms with Crippen molar-refractivity contribution in [1.82, 2.24) is 9.78 Å². The van der Waals surface area contributed by atoms with E-state index in [-0.39, 0.29) is 4.90 Å². The maximum Gasteiger partial charge on any atom is 0.238 e. The van der Waals surface area contributed by atoms with Gasteiger partial charge >= 0.3 is 0 Å². The molecule has 0 amide bonds. The largest absolute Gasteiger partial charge is 0.238 e. The van der Waals surface area contributed by atoms with Gasteiger partial charge in [0, 0.05) is 21.0 Å². The van der Waals surface area contributed by atoms with E-state index in [0.717, 1.165) is 33.1 Å². The maximum absolute atomic E-state index is 11.6. The topological polar surface area (TPSA) is 78.0 Å². The van der Waals surface area contributed by atoms with Crippen LogP contribution in [0.1, 0.15) is 0 Å². The van der Waals surface area contributed by atoms with Gasteiger partial charge in [-0.3, -0.25) is 0 Å². The van der Waals surface area contributed by atoms with Crippen LogP contribution >= 0.6 is 23.4 Å². The molecule has 3 aromatic carbocycles. The van der Waals surface area contributed by atoms with Crippen molar-refractivity contribution in [3.05, 3.63) is 83.9 Å². The molecule has 0 unspecified atom stereocenters. The zero-order valence-corrected chi connectivity index (χ0v) is 18.4. The van der Waals surface area contributed by atoms with E-state index in [1.165, 1.54) is 12.1 Å². The molecule has 4 rings (SSSR count). The van der Waals surface area contributed by atoms with Crippen LogP contribution in [0.2, 0.25) is 5.02 Å². The summed E-state index contributed by atoms with van der Waals surface area (Å²) in [7, 11) is -3.76. The Hall–Kier alpha value is -2.58. The number of primary sulfonamides is 1. The highest BCUT2D eigenvalue weighted by molar-refractivity contribution is 7.98. The van der Waals surface area contributed by atoms with E-state index in [0.29, 0.717) is 5.02 Å². The Balaban J connectivity index is 1.90. The minimum absolute atomic E-state index is 0.0550. The number of thioether (sulfide) groups is 1. The molecule has 0 bridgehead atoms. The van der Waals surface area contributed by atoms with Crippen LogP contribution in [0, 0.1) is 0 Å². The molecule has 0 saturated carbocycles. The molecular weight excluding hydrogens is 438 g/mol. The summed E-state index contributed by atoms with van der Waals surface area (Å²) >= 11 is 7.72. The summed E-state index contributed by atoms with van der Waals surface area (Å²) in [5.41, 5.74) is 4.37. The van der Waals surface area contributed by atoms with Crippen molar-refractivity contribution in [2.75, 3.05) is 6.26 Å². The summed E-state index contributed by atoms with van der Waals surface area (Å²) in [6.07, 6.45) is 2.03. The predicted molar refractivity (Wildman–Crippen MR) is 123 cm³/mol. The van der Waals surface area contributed by atoms with Crippen molar-refractivity contribution in [2.45, 2.75) is 9.79 Å². The smallest absolute Gasteiger partial charge is 0.232 e. The van der Waals surface area contributed by atoms with Gasteiger partial charge in [0.05, 0.1) is 22.0 Å². The highest BCUT2D eigenvalue weighted by Crippen LogP contribution is 2.34. The van der Waals surface area contributed by atoms with Gasteiger partial charge in [0.25, 0.3) is 0 Å². The highest BCUT2D eigenvalue weighted by Gasteiger charge is 2.16. The van der Waals surface area contributed by atoms with E-state index in [1.807, 2.05) is 54.8 Å². The molecule has 8 heteroatoms. The first-order valence-electron chi connectivity index (χ1n) is 8.99. The van der Waals surface area contributed by atoms with Crippen molar-refractivity contribution in [2.24, 2.45) is 5.14 Å². The molecule has 0 aliphatic heterocycles. The lowest BCUT2D eigenvalue weighted by molar-refractivity contribution is 0.598. The third-order valence-corrected chi connectivity index (χ3v) is 6.62. The van der Waals surface area contributed by atoms with E-state index < -0.39 is 10.0 Å². The van der Waals surface area contributed by atoms with Gasteiger partial charge in [0.15, 0.2) is 0 Å². The fourth-order valence-corrected chi connectivity index (χ4v) is 4.42. The Morgan fingerprint density at radius 1 is 0.967 bits per heavy atom. The second-order valence-electron chi connectivity index (χ2n) is 6.57. The lowest BCUT2D eigenvalue weighted by Gasteiger charge is -2.08. The molecule has 152 valence electrons. The molecule has 4 aromatic rings. The molecule has 1 heterocycles. The summed E-state index contributed by atoms with van der Waals surface area (Å²) in [6, 6.07) is 23.9. The van der Waals surface area contributed by atoms with Gasteiger partial charge in [-0.1, -0.05) is 41.9 Å². The minimum atomic E-state index is -3.76. The molecule has 0 spiro atoms. The number of halogens is 1. The fourth-order valence-electron chi connectivity index (χ4n) is 3.17. The zero-order valence-electron chi connectivity index (χ0n) is 16.0. The number of nitrogens with two attached hydrogens (primary N) is 1. The van der Waals surface area contributed by atoms with E-state index >= 15 is 0 Å². The first kappa shape index (κ1) is 20.7. The molecule has 0 aliphatic carbocycles. The van der Waals surface area contributed by atoms with Gasteiger partial charge in [0.2, 0.25) is 10.0 Å². The van der Waals surface area contributed by atoms with Crippen LogP contribution in [-0.4, -0.2) is 24.5 Å². The molecule has 0 saturated heterocycles. The summed E-state index contributed by atoms with van der Waals surface area (Å²) in [5, 5.41) is 10.7. The third kappa shape index (κ3) is 4.15. The number of benzene rings is 3. The minimum Gasteiger partial charge on any atom is -0.232 e. The maximum atomic E-state index is 11.6. The molecule has 0 fully saturated rings. The normalized spacial score (nSPS) is 11.6. The molecule has 2 N–H and O–H groups in total. The Bertz CT molecular complexity index is 1300. The molecule has 0 atom stereocenters. The number of sulfonamides is 1. The van der Waals surface area contributed by atoms with E-state index in [1.54, 1.807) is 28.6 Å². The number of nitrogens with zero attached hydrogens (tertiary/aromatic N) is 2. The van der Waals surface area contributed by atoms with Crippen molar-refractivity contribution in [1.29, 1.82) is 0 Å². The van der Waals surface area contributed by atoms with Gasteiger partial charge in [-0.15, -0.1) is 11.8 Å². The van der Waals surface area contributed by atoms with Crippen LogP contribution in [-0.2, 0) is 10.0 Å². The van der Waals surface area contributed by atoms with Crippen LogP contribution < -0.4 is 5.14 Å². The summed E-state index contributed by atoms with van der Waals surface area (Å²) in [6.45, 7) is 0. The monoisotopic (exact) mass is 455 g/mol. The Labute approximate surface area is 184 Å². The standard InChI is InChI=1S/C22H18ClN3O2S2/c1-29-22-5-3-2-4-19(22)20-14-21(15-6-8-16(23)9-7-15)26(25-20)17-10-12-18(13-11-17)30(24,27)28/h2-14H,1H3,(H2,24,27,28). The number of aromatic nitrogens is 2. The summed E-state index contributed by atoms with van der Waals surface area (Å²) < 4.78 is 25.0. The third-order valence-electron chi connectivity index (χ3n) is 4.64. The second-order valence-corrected chi connectivity index (χ2v) is 9.42. The Morgan fingerprint density at radius 3 is 2.27 bits per heavy atom. The Morgan fingerprint density at radius 2 is 1.63 bits per heavy atom. The number of hydrogen-bond acceptors (Lipinski definition) is 4. The molecule has 0 radical (unpaired) electrons. The zero-order chi connectivity index (χ0) is 21.3. The van der Waals surface area contributed by atoms with Crippen molar-refractivity contribution < 1.29 is 8.42 Å². The quantitative estimate of drug-likeness (QED) is 0.418. The van der Waals surface area contributed by atoms with Gasteiger partial charge in [0.1, 0.15) is 0 Å².